The Morgan fingerprint density at radius 2 is 2.11 bits per heavy atom. The number of benzene rings is 1. The summed E-state index contributed by atoms with van der Waals surface area (Å²) in [7, 11) is 0. The van der Waals surface area contributed by atoms with E-state index in [2.05, 4.69) is 4.98 Å². The molecule has 0 saturated heterocycles. The molecule has 1 aromatic heterocycles. The molecule has 1 saturated carbocycles. The Balaban J connectivity index is 1.70. The SMILES string of the molecule is Fc1cc(-c2ccc[nH]2)ccc1OC[C@H]1CC1(F)F. The van der Waals surface area contributed by atoms with Crippen molar-refractivity contribution in [3.8, 4) is 17.0 Å². The van der Waals surface area contributed by atoms with Crippen LogP contribution in [0.15, 0.2) is 36.5 Å². The lowest BCUT2D eigenvalue weighted by Crippen LogP contribution is -2.06. The van der Waals surface area contributed by atoms with Crippen molar-refractivity contribution >= 4 is 0 Å². The zero-order valence-corrected chi connectivity index (χ0v) is 10.00. The molecule has 5 heteroatoms. The Morgan fingerprint density at radius 3 is 2.68 bits per heavy atom. The highest BCUT2D eigenvalue weighted by molar-refractivity contribution is 5.60. The summed E-state index contributed by atoms with van der Waals surface area (Å²) in [5.41, 5.74) is 1.48. The third-order valence-electron chi connectivity index (χ3n) is 3.24. The molecule has 1 aromatic carbocycles. The summed E-state index contributed by atoms with van der Waals surface area (Å²) in [5, 5.41) is 0. The summed E-state index contributed by atoms with van der Waals surface area (Å²) >= 11 is 0. The first-order valence-electron chi connectivity index (χ1n) is 6.00. The van der Waals surface area contributed by atoms with Gasteiger partial charge in [0.1, 0.15) is 0 Å². The predicted molar refractivity (Wildman–Crippen MR) is 64.7 cm³/mol. The summed E-state index contributed by atoms with van der Waals surface area (Å²) in [6.45, 7) is -0.147. The largest absolute Gasteiger partial charge is 0.490 e. The molecule has 100 valence electrons. The number of rotatable bonds is 4. The number of hydrogen-bond acceptors (Lipinski definition) is 1. The van der Waals surface area contributed by atoms with Gasteiger partial charge in [-0.25, -0.2) is 13.2 Å². The molecule has 2 aromatic rings. The maximum absolute atomic E-state index is 13.8. The molecule has 3 rings (SSSR count). The van der Waals surface area contributed by atoms with Gasteiger partial charge in [0, 0.05) is 23.9 Å². The molecule has 0 radical (unpaired) electrons. The molecule has 1 aliphatic carbocycles. The standard InChI is InChI=1S/C14H12F3NO/c15-11-6-9(12-2-1-5-18-12)3-4-13(11)19-8-10-7-14(10,16)17/h1-6,10,18H,7-8H2/t10-/m1/s1. The normalized spacial score (nSPS) is 20.3. The van der Waals surface area contributed by atoms with Crippen LogP contribution < -0.4 is 4.74 Å². The average molecular weight is 267 g/mol. The van der Waals surface area contributed by atoms with Crippen LogP contribution in [0.1, 0.15) is 6.42 Å². The minimum absolute atomic E-state index is 0.0120. The Labute approximate surface area is 108 Å². The maximum atomic E-state index is 13.8. The lowest BCUT2D eigenvalue weighted by molar-refractivity contribution is 0.0850. The summed E-state index contributed by atoms with van der Waals surface area (Å²) in [6.07, 6.45) is 1.57. The first-order valence-corrected chi connectivity index (χ1v) is 6.00. The van der Waals surface area contributed by atoms with Crippen LogP contribution in [-0.2, 0) is 0 Å². The van der Waals surface area contributed by atoms with E-state index in [1.807, 2.05) is 12.1 Å². The van der Waals surface area contributed by atoms with Gasteiger partial charge in [-0.05, 0) is 30.3 Å². The van der Waals surface area contributed by atoms with Crippen LogP contribution in [0.25, 0.3) is 11.3 Å². The van der Waals surface area contributed by atoms with E-state index in [0.717, 1.165) is 5.69 Å². The molecule has 0 spiro atoms. The van der Waals surface area contributed by atoms with Crippen LogP contribution >= 0.6 is 0 Å². The monoisotopic (exact) mass is 267 g/mol. The molecule has 0 unspecified atom stereocenters. The van der Waals surface area contributed by atoms with Crippen molar-refractivity contribution < 1.29 is 17.9 Å². The Bertz CT molecular complexity index is 580. The van der Waals surface area contributed by atoms with Gasteiger partial charge in [0.25, 0.3) is 5.92 Å². The van der Waals surface area contributed by atoms with Gasteiger partial charge < -0.3 is 9.72 Å². The van der Waals surface area contributed by atoms with Gasteiger partial charge in [0.15, 0.2) is 11.6 Å². The fraction of sp³-hybridized carbons (Fsp3) is 0.286. The highest BCUT2D eigenvalue weighted by atomic mass is 19.3. The highest BCUT2D eigenvalue weighted by Crippen LogP contribution is 2.48. The zero-order valence-electron chi connectivity index (χ0n) is 10.00. The fourth-order valence-electron chi connectivity index (χ4n) is 1.94. The van der Waals surface area contributed by atoms with Gasteiger partial charge in [-0.3, -0.25) is 0 Å². The van der Waals surface area contributed by atoms with Crippen molar-refractivity contribution in [3.63, 3.8) is 0 Å². The van der Waals surface area contributed by atoms with Gasteiger partial charge in [0.2, 0.25) is 0 Å². The summed E-state index contributed by atoms with van der Waals surface area (Å²) in [4.78, 5) is 2.96. The van der Waals surface area contributed by atoms with Crippen LogP contribution in [0.4, 0.5) is 13.2 Å². The molecular weight excluding hydrogens is 255 g/mol. The van der Waals surface area contributed by atoms with Crippen molar-refractivity contribution in [2.24, 2.45) is 5.92 Å². The van der Waals surface area contributed by atoms with Crippen LogP contribution in [0.5, 0.6) is 5.75 Å². The van der Waals surface area contributed by atoms with Crippen molar-refractivity contribution in [3.05, 3.63) is 42.3 Å². The fourth-order valence-corrected chi connectivity index (χ4v) is 1.94. The van der Waals surface area contributed by atoms with E-state index >= 15 is 0 Å². The van der Waals surface area contributed by atoms with Crippen LogP contribution in [0.2, 0.25) is 0 Å². The minimum atomic E-state index is -2.64. The molecule has 1 heterocycles. The van der Waals surface area contributed by atoms with E-state index in [9.17, 15) is 13.2 Å². The minimum Gasteiger partial charge on any atom is -0.490 e. The Kier molecular flexibility index (Phi) is 2.77. The van der Waals surface area contributed by atoms with E-state index in [4.69, 9.17) is 4.74 Å². The van der Waals surface area contributed by atoms with Crippen molar-refractivity contribution in [1.82, 2.24) is 4.98 Å². The zero-order chi connectivity index (χ0) is 13.5. The Hall–Kier alpha value is -1.91. The van der Waals surface area contributed by atoms with E-state index < -0.39 is 17.7 Å². The smallest absolute Gasteiger partial charge is 0.255 e. The highest BCUT2D eigenvalue weighted by Gasteiger charge is 2.57. The van der Waals surface area contributed by atoms with Gasteiger partial charge >= 0.3 is 0 Å². The van der Waals surface area contributed by atoms with Crippen molar-refractivity contribution in [1.29, 1.82) is 0 Å². The van der Waals surface area contributed by atoms with Crippen LogP contribution in [-0.4, -0.2) is 17.5 Å². The predicted octanol–water partition coefficient (Wildman–Crippen LogP) is 3.85. The first kappa shape index (κ1) is 12.1. The third kappa shape index (κ3) is 2.45. The first-order chi connectivity index (χ1) is 9.06. The van der Waals surface area contributed by atoms with Gasteiger partial charge in [-0.2, -0.15) is 0 Å². The third-order valence-corrected chi connectivity index (χ3v) is 3.24. The number of H-pyrrole nitrogens is 1. The number of aromatic nitrogens is 1. The van der Waals surface area contributed by atoms with Gasteiger partial charge in [0.05, 0.1) is 12.5 Å². The quantitative estimate of drug-likeness (QED) is 0.894. The van der Waals surface area contributed by atoms with E-state index in [1.54, 1.807) is 12.3 Å². The molecule has 19 heavy (non-hydrogen) atoms. The number of nitrogens with one attached hydrogen (secondary N) is 1. The summed E-state index contributed by atoms with van der Waals surface area (Å²) < 4.78 is 44.2. The summed E-state index contributed by atoms with van der Waals surface area (Å²) in [6, 6.07) is 8.11. The van der Waals surface area contributed by atoms with Crippen LogP contribution in [0, 0.1) is 11.7 Å². The van der Waals surface area contributed by atoms with E-state index in [1.165, 1.54) is 12.1 Å². The number of ether oxygens (including phenoxy) is 1. The maximum Gasteiger partial charge on any atom is 0.255 e. The van der Waals surface area contributed by atoms with Crippen LogP contribution in [0.3, 0.4) is 0 Å². The lowest BCUT2D eigenvalue weighted by atomic mass is 10.1. The van der Waals surface area contributed by atoms with Crippen molar-refractivity contribution in [2.45, 2.75) is 12.3 Å². The Morgan fingerprint density at radius 1 is 1.32 bits per heavy atom. The molecular formula is C14H12F3NO. The second-order valence-electron chi connectivity index (χ2n) is 4.70. The van der Waals surface area contributed by atoms with E-state index in [0.29, 0.717) is 5.56 Å². The molecule has 0 amide bonds. The molecule has 0 aliphatic heterocycles. The second-order valence-corrected chi connectivity index (χ2v) is 4.70. The molecule has 2 nitrogen and oxygen atoms in total. The number of halogens is 3. The van der Waals surface area contributed by atoms with Gasteiger partial charge in [-0.1, -0.05) is 0 Å². The van der Waals surface area contributed by atoms with Crippen molar-refractivity contribution in [2.75, 3.05) is 6.61 Å². The lowest BCUT2D eigenvalue weighted by Gasteiger charge is -2.08. The van der Waals surface area contributed by atoms with Gasteiger partial charge in [-0.15, -0.1) is 0 Å². The topological polar surface area (TPSA) is 25.0 Å². The number of aromatic amines is 1. The molecule has 1 atom stereocenters. The summed E-state index contributed by atoms with van der Waals surface area (Å²) in [5.74, 6) is -3.95. The molecule has 1 aliphatic rings. The molecule has 0 bridgehead atoms. The number of alkyl halides is 2. The average Bonchev–Trinajstić information content (AvgIpc) is 2.82. The molecule has 1 fully saturated rings. The molecule has 1 N–H and O–H groups in total. The van der Waals surface area contributed by atoms with E-state index in [-0.39, 0.29) is 18.8 Å². The number of hydrogen-bond donors (Lipinski definition) is 1. The second kappa shape index (κ2) is 4.33.